The van der Waals surface area contributed by atoms with E-state index >= 15 is 0 Å². The highest BCUT2D eigenvalue weighted by Gasteiger charge is 2.12. The van der Waals surface area contributed by atoms with Crippen LogP contribution in [0.5, 0.6) is 11.5 Å². The maximum Gasteiger partial charge on any atom is 0.167 e. The van der Waals surface area contributed by atoms with Crippen LogP contribution in [0.2, 0.25) is 5.02 Å². The molecule has 2 nitrogen and oxygen atoms in total. The highest BCUT2D eigenvalue weighted by Crippen LogP contribution is 2.34. The van der Waals surface area contributed by atoms with Gasteiger partial charge in [0.05, 0.1) is 22.5 Å². The Kier molecular flexibility index (Phi) is 4.26. The number of hydrogen-bond donors (Lipinski definition) is 0. The fourth-order valence-electron chi connectivity index (χ4n) is 1.54. The van der Waals surface area contributed by atoms with Gasteiger partial charge in [-0.3, -0.25) is 0 Å². The van der Waals surface area contributed by atoms with Crippen LogP contribution in [0, 0.1) is 17.1 Å². The van der Waals surface area contributed by atoms with Crippen LogP contribution in [0.3, 0.4) is 0 Å². The van der Waals surface area contributed by atoms with Crippen molar-refractivity contribution in [3.05, 3.63) is 58.4 Å². The predicted molar refractivity (Wildman–Crippen MR) is 72.2 cm³/mol. The minimum absolute atomic E-state index is 0.00142. The van der Waals surface area contributed by atoms with Crippen molar-refractivity contribution in [2.45, 2.75) is 5.88 Å². The molecule has 0 radical (unpaired) electrons. The average molecular weight is 296 g/mol. The van der Waals surface area contributed by atoms with Crippen molar-refractivity contribution in [1.82, 2.24) is 0 Å². The number of halogens is 3. The molecule has 0 amide bonds. The van der Waals surface area contributed by atoms with Crippen molar-refractivity contribution < 1.29 is 9.13 Å². The van der Waals surface area contributed by atoms with Crippen LogP contribution in [-0.4, -0.2) is 0 Å². The van der Waals surface area contributed by atoms with Gasteiger partial charge in [-0.25, -0.2) is 4.39 Å². The molecule has 0 aliphatic rings. The molecule has 0 aromatic heterocycles. The monoisotopic (exact) mass is 295 g/mol. The summed E-state index contributed by atoms with van der Waals surface area (Å²) in [4.78, 5) is 0. The van der Waals surface area contributed by atoms with Crippen molar-refractivity contribution in [2.75, 3.05) is 0 Å². The quantitative estimate of drug-likeness (QED) is 0.756. The lowest BCUT2D eigenvalue weighted by atomic mass is 10.2. The lowest BCUT2D eigenvalue weighted by Crippen LogP contribution is -1.93. The molecular formula is C14H8Cl2FNO. The molecule has 19 heavy (non-hydrogen) atoms. The Bertz CT molecular complexity index is 652. The first-order valence-electron chi connectivity index (χ1n) is 5.36. The highest BCUT2D eigenvalue weighted by atomic mass is 35.5. The second-order valence-electron chi connectivity index (χ2n) is 3.72. The number of alkyl halides is 1. The molecular weight excluding hydrogens is 288 g/mol. The first-order valence-corrected chi connectivity index (χ1v) is 6.28. The number of nitrogens with zero attached hydrogens (tertiary/aromatic N) is 1. The Morgan fingerprint density at radius 2 is 2.05 bits per heavy atom. The van der Waals surface area contributed by atoms with Crippen molar-refractivity contribution in [3.8, 4) is 17.6 Å². The Balaban J connectivity index is 2.39. The summed E-state index contributed by atoms with van der Waals surface area (Å²) in [5, 5.41) is 9.02. The molecule has 0 atom stereocenters. The minimum Gasteiger partial charge on any atom is -0.452 e. The molecule has 0 aliphatic carbocycles. The molecule has 2 aromatic carbocycles. The number of rotatable bonds is 3. The number of ether oxygens (including phenoxy) is 1. The van der Waals surface area contributed by atoms with Crippen LogP contribution < -0.4 is 4.74 Å². The smallest absolute Gasteiger partial charge is 0.167 e. The van der Waals surface area contributed by atoms with Crippen LogP contribution >= 0.6 is 23.2 Å². The molecule has 0 heterocycles. The molecule has 5 heteroatoms. The van der Waals surface area contributed by atoms with Crippen LogP contribution in [0.4, 0.5) is 4.39 Å². The lowest BCUT2D eigenvalue weighted by Gasteiger charge is -2.11. The van der Waals surface area contributed by atoms with E-state index in [0.717, 1.165) is 6.07 Å². The molecule has 0 N–H and O–H groups in total. The van der Waals surface area contributed by atoms with Crippen LogP contribution in [0.15, 0.2) is 36.4 Å². The molecule has 0 spiro atoms. The summed E-state index contributed by atoms with van der Waals surface area (Å²) in [7, 11) is 0. The Labute approximate surface area is 119 Å². The fraction of sp³-hybridized carbons (Fsp3) is 0.0714. The van der Waals surface area contributed by atoms with E-state index in [-0.39, 0.29) is 17.2 Å². The van der Waals surface area contributed by atoms with Crippen molar-refractivity contribution in [1.29, 1.82) is 5.26 Å². The molecule has 0 fully saturated rings. The SMILES string of the molecule is N#Cc1ccc(Oc2c(Cl)cccc2CCl)c(F)c1. The second-order valence-corrected chi connectivity index (χ2v) is 4.40. The van der Waals surface area contributed by atoms with Gasteiger partial charge < -0.3 is 4.74 Å². The molecule has 0 unspecified atom stereocenters. The second kappa shape index (κ2) is 5.92. The van der Waals surface area contributed by atoms with Gasteiger partial charge in [-0.05, 0) is 24.3 Å². The number of para-hydroxylation sites is 1. The van der Waals surface area contributed by atoms with Gasteiger partial charge in [0.2, 0.25) is 0 Å². The van der Waals surface area contributed by atoms with Crippen molar-refractivity contribution >= 4 is 23.2 Å². The average Bonchev–Trinajstić information content (AvgIpc) is 2.42. The summed E-state index contributed by atoms with van der Waals surface area (Å²) in [5.74, 6) is -0.103. The van der Waals surface area contributed by atoms with Gasteiger partial charge in [0.15, 0.2) is 17.3 Å². The third-order valence-electron chi connectivity index (χ3n) is 2.47. The zero-order valence-electron chi connectivity index (χ0n) is 9.66. The molecule has 0 saturated carbocycles. The summed E-state index contributed by atoms with van der Waals surface area (Å²) in [6.07, 6.45) is 0. The van der Waals surface area contributed by atoms with E-state index in [9.17, 15) is 4.39 Å². The maximum absolute atomic E-state index is 13.7. The fourth-order valence-corrected chi connectivity index (χ4v) is 1.98. The molecule has 2 aromatic rings. The Morgan fingerprint density at radius 3 is 2.68 bits per heavy atom. The topological polar surface area (TPSA) is 33.0 Å². The van der Waals surface area contributed by atoms with Crippen molar-refractivity contribution in [2.24, 2.45) is 0 Å². The van der Waals surface area contributed by atoms with E-state index < -0.39 is 5.82 Å². The molecule has 2 rings (SSSR count). The normalized spacial score (nSPS) is 10.0. The van der Waals surface area contributed by atoms with Crippen molar-refractivity contribution in [3.63, 3.8) is 0 Å². The van der Waals surface area contributed by atoms with E-state index in [4.69, 9.17) is 33.2 Å². The lowest BCUT2D eigenvalue weighted by molar-refractivity contribution is 0.439. The summed E-state index contributed by atoms with van der Waals surface area (Å²) in [6, 6.07) is 10.9. The van der Waals surface area contributed by atoms with Gasteiger partial charge in [-0.2, -0.15) is 5.26 Å². The zero-order valence-corrected chi connectivity index (χ0v) is 11.2. The maximum atomic E-state index is 13.7. The number of nitriles is 1. The summed E-state index contributed by atoms with van der Waals surface area (Å²) in [6.45, 7) is 0. The van der Waals surface area contributed by atoms with Gasteiger partial charge in [-0.15, -0.1) is 11.6 Å². The van der Waals surface area contributed by atoms with Crippen LogP contribution in [0.1, 0.15) is 11.1 Å². The van der Waals surface area contributed by atoms with Gasteiger partial charge in [0, 0.05) is 5.56 Å². The van der Waals surface area contributed by atoms with Crippen LogP contribution in [0.25, 0.3) is 0 Å². The van der Waals surface area contributed by atoms with E-state index in [1.165, 1.54) is 12.1 Å². The van der Waals surface area contributed by atoms with E-state index in [2.05, 4.69) is 0 Å². The molecule has 0 bridgehead atoms. The molecule has 0 aliphatic heterocycles. The summed E-state index contributed by atoms with van der Waals surface area (Å²) < 4.78 is 19.2. The molecule has 0 saturated heterocycles. The van der Waals surface area contributed by atoms with Gasteiger partial charge in [0.25, 0.3) is 0 Å². The van der Waals surface area contributed by atoms with E-state index in [1.807, 2.05) is 6.07 Å². The van der Waals surface area contributed by atoms with Gasteiger partial charge >= 0.3 is 0 Å². The number of hydrogen-bond acceptors (Lipinski definition) is 2. The van der Waals surface area contributed by atoms with E-state index in [1.54, 1.807) is 18.2 Å². The highest BCUT2D eigenvalue weighted by molar-refractivity contribution is 6.32. The third-order valence-corrected chi connectivity index (χ3v) is 3.05. The zero-order chi connectivity index (χ0) is 13.8. The van der Waals surface area contributed by atoms with Gasteiger partial charge in [0.1, 0.15) is 0 Å². The predicted octanol–water partition coefficient (Wildman–Crippen LogP) is 4.88. The standard InChI is InChI=1S/C14H8Cl2FNO/c15-7-10-2-1-3-11(16)14(10)19-13-5-4-9(8-18)6-12(13)17/h1-6H,7H2. The van der Waals surface area contributed by atoms with Gasteiger partial charge in [-0.1, -0.05) is 23.7 Å². The van der Waals surface area contributed by atoms with Crippen LogP contribution in [-0.2, 0) is 5.88 Å². The first kappa shape index (κ1) is 13.7. The Morgan fingerprint density at radius 1 is 1.26 bits per heavy atom. The number of benzene rings is 2. The summed E-state index contributed by atoms with van der Waals surface area (Å²) >= 11 is 11.8. The Hall–Kier alpha value is -1.76. The first-order chi connectivity index (χ1) is 9.15. The minimum atomic E-state index is -0.625. The largest absolute Gasteiger partial charge is 0.452 e. The summed E-state index contributed by atoms with van der Waals surface area (Å²) in [5.41, 5.74) is 0.888. The molecule has 96 valence electrons. The van der Waals surface area contributed by atoms with E-state index in [0.29, 0.717) is 16.3 Å². The third kappa shape index (κ3) is 2.98.